The summed E-state index contributed by atoms with van der Waals surface area (Å²) in [4.78, 5) is 0. The van der Waals surface area contributed by atoms with Gasteiger partial charge in [-0.15, -0.1) is 0 Å². The van der Waals surface area contributed by atoms with E-state index < -0.39 is 0 Å². The molecule has 2 heteroatoms. The van der Waals surface area contributed by atoms with Crippen LogP contribution in [0.1, 0.15) is 59.8 Å². The topological polar surface area (TPSA) is 12.0 Å². The molecule has 3 atom stereocenters. The molecule has 0 radical (unpaired) electrons. The van der Waals surface area contributed by atoms with Crippen LogP contribution < -0.4 is 5.32 Å². The maximum absolute atomic E-state index is 3.70. The van der Waals surface area contributed by atoms with Gasteiger partial charge in [-0.2, -0.15) is 11.8 Å². The van der Waals surface area contributed by atoms with Crippen LogP contribution in [0.4, 0.5) is 0 Å². The summed E-state index contributed by atoms with van der Waals surface area (Å²) in [6.45, 7) is 11.7. The molecule has 0 aromatic heterocycles. The Morgan fingerprint density at radius 2 is 1.95 bits per heavy atom. The van der Waals surface area contributed by atoms with Crippen molar-refractivity contribution in [1.29, 1.82) is 0 Å². The number of thioether (sulfide) groups is 1. The van der Waals surface area contributed by atoms with Crippen molar-refractivity contribution in [2.75, 3.05) is 24.6 Å². The van der Waals surface area contributed by atoms with Gasteiger partial charge in [-0.3, -0.25) is 0 Å². The zero-order valence-electron chi connectivity index (χ0n) is 13.6. The molecule has 1 saturated carbocycles. The molecule has 3 unspecified atom stereocenters. The van der Waals surface area contributed by atoms with Crippen LogP contribution in [0, 0.1) is 23.7 Å². The van der Waals surface area contributed by atoms with Gasteiger partial charge in [0.2, 0.25) is 0 Å². The monoisotopic (exact) mass is 285 g/mol. The van der Waals surface area contributed by atoms with Gasteiger partial charge in [0, 0.05) is 0 Å². The summed E-state index contributed by atoms with van der Waals surface area (Å²) in [6, 6.07) is 0. The van der Waals surface area contributed by atoms with E-state index in [1.54, 1.807) is 0 Å². The first-order chi connectivity index (χ1) is 9.17. The van der Waals surface area contributed by atoms with Crippen molar-refractivity contribution in [2.45, 2.75) is 59.8 Å². The Hall–Kier alpha value is 0.310. The number of rotatable bonds is 9. The van der Waals surface area contributed by atoms with Crippen molar-refractivity contribution in [2.24, 2.45) is 23.7 Å². The van der Waals surface area contributed by atoms with Gasteiger partial charge in [0.05, 0.1) is 0 Å². The molecule has 114 valence electrons. The predicted octanol–water partition coefficient (Wildman–Crippen LogP) is 4.82. The van der Waals surface area contributed by atoms with Gasteiger partial charge < -0.3 is 5.32 Å². The van der Waals surface area contributed by atoms with E-state index in [-0.39, 0.29) is 0 Å². The molecule has 0 heterocycles. The SMILES string of the molecule is CCSCCC1CC(CC)CCC1CNCC(C)C. The molecular weight excluding hydrogens is 250 g/mol. The molecular formula is C17H35NS. The third-order valence-corrected chi connectivity index (χ3v) is 5.55. The standard InChI is InChI=1S/C17H35NS/c1-5-15-7-8-17(13-18-12-14(3)4)16(11-15)9-10-19-6-2/h14-18H,5-13H2,1-4H3. The minimum atomic E-state index is 0.779. The van der Waals surface area contributed by atoms with Crippen LogP contribution in [-0.4, -0.2) is 24.6 Å². The fourth-order valence-corrected chi connectivity index (χ4v) is 4.11. The smallest absolute Gasteiger partial charge is 0.00177 e. The van der Waals surface area contributed by atoms with Gasteiger partial charge in [-0.1, -0.05) is 40.5 Å². The third-order valence-electron chi connectivity index (χ3n) is 4.62. The van der Waals surface area contributed by atoms with E-state index in [2.05, 4.69) is 44.8 Å². The summed E-state index contributed by atoms with van der Waals surface area (Å²) in [7, 11) is 0. The van der Waals surface area contributed by atoms with Gasteiger partial charge >= 0.3 is 0 Å². The molecule has 0 bridgehead atoms. The third kappa shape index (κ3) is 7.04. The summed E-state index contributed by atoms with van der Waals surface area (Å²) in [5.41, 5.74) is 0. The van der Waals surface area contributed by atoms with Crippen LogP contribution in [-0.2, 0) is 0 Å². The molecule has 0 aromatic rings. The Morgan fingerprint density at radius 3 is 2.58 bits per heavy atom. The number of hydrogen-bond donors (Lipinski definition) is 1. The molecule has 0 aliphatic heterocycles. The van der Waals surface area contributed by atoms with Gasteiger partial charge in [0.15, 0.2) is 0 Å². The largest absolute Gasteiger partial charge is 0.316 e. The van der Waals surface area contributed by atoms with E-state index in [0.29, 0.717) is 0 Å². The Balaban J connectivity index is 2.36. The highest BCUT2D eigenvalue weighted by Crippen LogP contribution is 2.37. The Morgan fingerprint density at radius 1 is 1.16 bits per heavy atom. The lowest BCUT2D eigenvalue weighted by molar-refractivity contribution is 0.168. The summed E-state index contributed by atoms with van der Waals surface area (Å²) in [5, 5.41) is 3.70. The molecule has 0 spiro atoms. The fraction of sp³-hybridized carbons (Fsp3) is 1.00. The van der Waals surface area contributed by atoms with Crippen LogP contribution in [0.2, 0.25) is 0 Å². The van der Waals surface area contributed by atoms with E-state index in [9.17, 15) is 0 Å². The fourth-order valence-electron chi connectivity index (χ4n) is 3.35. The highest BCUT2D eigenvalue weighted by atomic mass is 32.2. The van der Waals surface area contributed by atoms with Crippen molar-refractivity contribution in [3.05, 3.63) is 0 Å². The van der Waals surface area contributed by atoms with Crippen molar-refractivity contribution in [1.82, 2.24) is 5.32 Å². The number of nitrogens with one attached hydrogen (secondary N) is 1. The van der Waals surface area contributed by atoms with Crippen LogP contribution in [0.25, 0.3) is 0 Å². The molecule has 0 amide bonds. The molecule has 19 heavy (non-hydrogen) atoms. The van der Waals surface area contributed by atoms with E-state index in [4.69, 9.17) is 0 Å². The molecule has 1 N–H and O–H groups in total. The van der Waals surface area contributed by atoms with E-state index in [1.165, 1.54) is 56.7 Å². The minimum absolute atomic E-state index is 0.779. The highest BCUT2D eigenvalue weighted by Gasteiger charge is 2.28. The first-order valence-electron chi connectivity index (χ1n) is 8.45. The van der Waals surface area contributed by atoms with Crippen LogP contribution >= 0.6 is 11.8 Å². The average Bonchev–Trinajstić information content (AvgIpc) is 2.40. The Kier molecular flexibility index (Phi) is 9.23. The summed E-state index contributed by atoms with van der Waals surface area (Å²) in [5.74, 6) is 6.37. The summed E-state index contributed by atoms with van der Waals surface area (Å²) in [6.07, 6.45) is 7.27. The van der Waals surface area contributed by atoms with E-state index in [0.717, 1.165) is 23.7 Å². The van der Waals surface area contributed by atoms with Crippen molar-refractivity contribution < 1.29 is 0 Å². The van der Waals surface area contributed by atoms with E-state index in [1.807, 2.05) is 0 Å². The van der Waals surface area contributed by atoms with Crippen LogP contribution in [0.5, 0.6) is 0 Å². The molecule has 1 aliphatic carbocycles. The molecule has 1 aliphatic rings. The molecule has 0 aromatic carbocycles. The van der Waals surface area contributed by atoms with Gasteiger partial charge in [-0.25, -0.2) is 0 Å². The zero-order valence-corrected chi connectivity index (χ0v) is 14.4. The van der Waals surface area contributed by atoms with Gasteiger partial charge in [0.1, 0.15) is 0 Å². The molecule has 1 nitrogen and oxygen atoms in total. The van der Waals surface area contributed by atoms with E-state index >= 15 is 0 Å². The summed E-state index contributed by atoms with van der Waals surface area (Å²) < 4.78 is 0. The Labute approximate surface area is 125 Å². The Bertz CT molecular complexity index is 217. The summed E-state index contributed by atoms with van der Waals surface area (Å²) >= 11 is 2.12. The quantitative estimate of drug-likeness (QED) is 0.610. The van der Waals surface area contributed by atoms with Crippen LogP contribution in [0.3, 0.4) is 0 Å². The predicted molar refractivity (Wildman–Crippen MR) is 89.9 cm³/mol. The van der Waals surface area contributed by atoms with Crippen LogP contribution in [0.15, 0.2) is 0 Å². The second kappa shape index (κ2) is 10.1. The lowest BCUT2D eigenvalue weighted by atomic mass is 9.72. The van der Waals surface area contributed by atoms with Crippen molar-refractivity contribution >= 4 is 11.8 Å². The van der Waals surface area contributed by atoms with Crippen molar-refractivity contribution in [3.8, 4) is 0 Å². The lowest BCUT2D eigenvalue weighted by Crippen LogP contribution is -2.34. The molecule has 0 saturated heterocycles. The van der Waals surface area contributed by atoms with Crippen molar-refractivity contribution in [3.63, 3.8) is 0 Å². The van der Waals surface area contributed by atoms with Gasteiger partial charge in [-0.05, 0) is 67.5 Å². The van der Waals surface area contributed by atoms with Gasteiger partial charge in [0.25, 0.3) is 0 Å². The normalized spacial score (nSPS) is 27.9. The zero-order chi connectivity index (χ0) is 14.1. The lowest BCUT2D eigenvalue weighted by Gasteiger charge is -2.36. The molecule has 1 fully saturated rings. The maximum Gasteiger partial charge on any atom is -0.00177 e. The first-order valence-corrected chi connectivity index (χ1v) is 9.61. The first kappa shape index (κ1) is 17.4. The number of hydrogen-bond acceptors (Lipinski definition) is 2. The second-order valence-corrected chi connectivity index (χ2v) is 8.04. The minimum Gasteiger partial charge on any atom is -0.316 e. The average molecular weight is 286 g/mol. The molecule has 1 rings (SSSR count). The highest BCUT2D eigenvalue weighted by molar-refractivity contribution is 7.99. The maximum atomic E-state index is 3.70. The second-order valence-electron chi connectivity index (χ2n) is 6.65.